The topological polar surface area (TPSA) is 94.6 Å². The van der Waals surface area contributed by atoms with Crippen LogP contribution in [0.2, 0.25) is 0 Å². The molecule has 2 aliphatic heterocycles. The van der Waals surface area contributed by atoms with Crippen LogP contribution in [0.4, 0.5) is 9.18 Å². The van der Waals surface area contributed by atoms with Crippen molar-refractivity contribution >= 4 is 18.0 Å². The lowest BCUT2D eigenvalue weighted by Crippen LogP contribution is -2.45. The Morgan fingerprint density at radius 2 is 1.78 bits per heavy atom. The molecule has 204 valence electrons. The predicted octanol–water partition coefficient (Wildman–Crippen LogP) is 4.09. The number of esters is 1. The molecule has 9 nitrogen and oxygen atoms in total. The van der Waals surface area contributed by atoms with E-state index in [2.05, 4.69) is 0 Å². The van der Waals surface area contributed by atoms with Gasteiger partial charge in [0, 0.05) is 19.2 Å². The number of amides is 2. The second-order valence-corrected chi connectivity index (χ2v) is 11.1. The SMILES string of the molecule is COC(=O)[C@@H]1[C@@H](C)OCN1C(=O)c1cc(C2CC2)c(OCC2CCN(C(=O)OC(C)(C)C)CC2)cc1F. The lowest BCUT2D eigenvalue weighted by atomic mass is 9.98. The maximum Gasteiger partial charge on any atom is 0.410 e. The minimum atomic E-state index is -0.927. The van der Waals surface area contributed by atoms with Crippen LogP contribution in [-0.4, -0.2) is 79.1 Å². The van der Waals surface area contributed by atoms with Crippen molar-refractivity contribution in [2.75, 3.05) is 33.5 Å². The summed E-state index contributed by atoms with van der Waals surface area (Å²) in [7, 11) is 1.25. The number of carbonyl (C=O) groups excluding carboxylic acids is 3. The Morgan fingerprint density at radius 1 is 1.11 bits per heavy atom. The average molecular weight is 521 g/mol. The standard InChI is InChI=1S/C27H37FN2O7/c1-16-23(25(32)34-5)30(15-36-16)24(31)20-12-19(18-6-7-18)22(13-21(20)28)35-14-17-8-10-29(11-9-17)26(33)37-27(2,3)4/h12-13,16-18,23H,6-11,14-15H2,1-5H3/t16-,23+/m1/s1. The molecule has 2 atom stereocenters. The lowest BCUT2D eigenvalue weighted by Gasteiger charge is -2.33. The summed E-state index contributed by atoms with van der Waals surface area (Å²) in [6.07, 6.45) is 2.55. The van der Waals surface area contributed by atoms with Gasteiger partial charge in [-0.1, -0.05) is 0 Å². The monoisotopic (exact) mass is 520 g/mol. The molecule has 3 aliphatic rings. The lowest BCUT2D eigenvalue weighted by molar-refractivity contribution is -0.145. The molecule has 1 aliphatic carbocycles. The van der Waals surface area contributed by atoms with Gasteiger partial charge in [-0.05, 0) is 76.8 Å². The number of halogens is 1. The van der Waals surface area contributed by atoms with E-state index in [9.17, 15) is 14.4 Å². The van der Waals surface area contributed by atoms with E-state index in [1.165, 1.54) is 18.1 Å². The van der Waals surface area contributed by atoms with Gasteiger partial charge in [0.15, 0.2) is 6.04 Å². The Morgan fingerprint density at radius 3 is 2.38 bits per heavy atom. The molecule has 0 aromatic heterocycles. The van der Waals surface area contributed by atoms with Crippen molar-refractivity contribution in [3.8, 4) is 5.75 Å². The first-order valence-electron chi connectivity index (χ1n) is 12.9. The molecule has 0 spiro atoms. The average Bonchev–Trinajstić information content (AvgIpc) is 3.62. The van der Waals surface area contributed by atoms with E-state index in [4.69, 9.17) is 18.9 Å². The normalized spacial score (nSPS) is 22.6. The maximum absolute atomic E-state index is 15.2. The molecule has 4 rings (SSSR count). The number of hydrogen-bond donors (Lipinski definition) is 0. The summed E-state index contributed by atoms with van der Waals surface area (Å²) in [4.78, 5) is 40.7. The van der Waals surface area contributed by atoms with E-state index in [-0.39, 0.29) is 30.2 Å². The number of likely N-dealkylation sites (tertiary alicyclic amines) is 1. The molecule has 37 heavy (non-hydrogen) atoms. The van der Waals surface area contributed by atoms with E-state index in [1.54, 1.807) is 17.9 Å². The van der Waals surface area contributed by atoms with Gasteiger partial charge in [0.25, 0.3) is 5.91 Å². The summed E-state index contributed by atoms with van der Waals surface area (Å²) in [6.45, 7) is 8.66. The highest BCUT2D eigenvalue weighted by Crippen LogP contribution is 2.45. The Hall–Kier alpha value is -2.88. The number of benzene rings is 1. The molecular formula is C27H37FN2O7. The first-order chi connectivity index (χ1) is 17.5. The molecule has 2 heterocycles. The maximum atomic E-state index is 15.2. The first kappa shape index (κ1) is 27.2. The molecular weight excluding hydrogens is 483 g/mol. The van der Waals surface area contributed by atoms with Gasteiger partial charge in [0.2, 0.25) is 0 Å². The number of piperidine rings is 1. The minimum Gasteiger partial charge on any atom is -0.493 e. The van der Waals surface area contributed by atoms with Crippen LogP contribution in [0.15, 0.2) is 12.1 Å². The number of nitrogens with zero attached hydrogens (tertiary/aromatic N) is 2. The third-order valence-electron chi connectivity index (χ3n) is 7.05. The minimum absolute atomic E-state index is 0.105. The molecule has 0 unspecified atom stereocenters. The highest BCUT2D eigenvalue weighted by atomic mass is 19.1. The zero-order chi connectivity index (χ0) is 26.9. The van der Waals surface area contributed by atoms with Crippen molar-refractivity contribution < 1.29 is 37.7 Å². The van der Waals surface area contributed by atoms with Crippen LogP contribution in [0, 0.1) is 11.7 Å². The third kappa shape index (κ3) is 6.34. The van der Waals surface area contributed by atoms with Crippen molar-refractivity contribution in [3.05, 3.63) is 29.1 Å². The highest BCUT2D eigenvalue weighted by Gasteiger charge is 2.43. The molecule has 2 amide bonds. The van der Waals surface area contributed by atoms with Crippen molar-refractivity contribution in [2.45, 2.75) is 77.0 Å². The fourth-order valence-corrected chi connectivity index (χ4v) is 4.79. The molecule has 1 aromatic carbocycles. The van der Waals surface area contributed by atoms with Gasteiger partial charge in [0.1, 0.15) is 23.9 Å². The smallest absolute Gasteiger partial charge is 0.410 e. The molecule has 10 heteroatoms. The van der Waals surface area contributed by atoms with E-state index >= 15 is 4.39 Å². The van der Waals surface area contributed by atoms with Crippen LogP contribution >= 0.6 is 0 Å². The van der Waals surface area contributed by atoms with E-state index in [1.807, 2.05) is 20.8 Å². The van der Waals surface area contributed by atoms with Crippen LogP contribution in [-0.2, 0) is 19.0 Å². The second kappa shape index (κ2) is 10.8. The molecule has 0 N–H and O–H groups in total. The Labute approximate surface area is 217 Å². The first-order valence-corrected chi connectivity index (χ1v) is 12.9. The van der Waals surface area contributed by atoms with Crippen molar-refractivity contribution in [3.63, 3.8) is 0 Å². The number of carbonyl (C=O) groups is 3. The molecule has 3 fully saturated rings. The van der Waals surface area contributed by atoms with E-state index < -0.39 is 35.4 Å². The predicted molar refractivity (Wildman–Crippen MR) is 132 cm³/mol. The fraction of sp³-hybridized carbons (Fsp3) is 0.667. The van der Waals surface area contributed by atoms with Gasteiger partial charge < -0.3 is 23.8 Å². The summed E-state index contributed by atoms with van der Waals surface area (Å²) in [6, 6.07) is 1.92. The Bertz CT molecular complexity index is 1030. The van der Waals surface area contributed by atoms with Crippen LogP contribution in [0.3, 0.4) is 0 Å². The summed E-state index contributed by atoms with van der Waals surface area (Å²) in [5.74, 6) is -1.03. The van der Waals surface area contributed by atoms with Gasteiger partial charge >= 0.3 is 12.1 Å². The molecule has 1 aromatic rings. The molecule has 0 bridgehead atoms. The van der Waals surface area contributed by atoms with Gasteiger partial charge in [-0.15, -0.1) is 0 Å². The third-order valence-corrected chi connectivity index (χ3v) is 7.05. The van der Waals surface area contributed by atoms with Crippen LogP contribution in [0.5, 0.6) is 5.75 Å². The highest BCUT2D eigenvalue weighted by molar-refractivity contribution is 5.98. The van der Waals surface area contributed by atoms with Gasteiger partial charge in [-0.3, -0.25) is 9.69 Å². The van der Waals surface area contributed by atoms with Gasteiger partial charge in [-0.2, -0.15) is 0 Å². The van der Waals surface area contributed by atoms with Crippen molar-refractivity contribution in [1.82, 2.24) is 9.80 Å². The quantitative estimate of drug-likeness (QED) is 0.522. The van der Waals surface area contributed by atoms with Crippen LogP contribution in [0.1, 0.15) is 75.2 Å². The summed E-state index contributed by atoms with van der Waals surface area (Å²) in [5.41, 5.74) is 0.166. The summed E-state index contributed by atoms with van der Waals surface area (Å²) < 4.78 is 37.1. The molecule has 0 radical (unpaired) electrons. The van der Waals surface area contributed by atoms with Crippen molar-refractivity contribution in [2.24, 2.45) is 5.92 Å². The zero-order valence-corrected chi connectivity index (χ0v) is 22.3. The number of methoxy groups -OCH3 is 1. The molecule has 1 saturated carbocycles. The summed E-state index contributed by atoms with van der Waals surface area (Å²) >= 11 is 0. The van der Waals surface area contributed by atoms with Gasteiger partial charge in [-0.25, -0.2) is 14.0 Å². The zero-order valence-electron chi connectivity index (χ0n) is 22.3. The van der Waals surface area contributed by atoms with E-state index in [0.717, 1.165) is 31.2 Å². The second-order valence-electron chi connectivity index (χ2n) is 11.1. The fourth-order valence-electron chi connectivity index (χ4n) is 4.79. The number of hydrogen-bond acceptors (Lipinski definition) is 7. The van der Waals surface area contributed by atoms with E-state index in [0.29, 0.717) is 25.4 Å². The molecule has 2 saturated heterocycles. The Kier molecular flexibility index (Phi) is 7.96. The van der Waals surface area contributed by atoms with Gasteiger partial charge in [0.05, 0.1) is 25.4 Å². The Balaban J connectivity index is 1.41. The van der Waals surface area contributed by atoms with Crippen molar-refractivity contribution in [1.29, 1.82) is 0 Å². The summed E-state index contributed by atoms with van der Waals surface area (Å²) in [5, 5.41) is 0. The largest absolute Gasteiger partial charge is 0.493 e. The van der Waals surface area contributed by atoms with Crippen LogP contribution < -0.4 is 4.74 Å². The van der Waals surface area contributed by atoms with Crippen LogP contribution in [0.25, 0.3) is 0 Å². The number of rotatable bonds is 6. The number of ether oxygens (including phenoxy) is 4.